The summed E-state index contributed by atoms with van der Waals surface area (Å²) in [7, 11) is 3.02. The minimum atomic E-state index is -2.22. The van der Waals surface area contributed by atoms with E-state index in [4.69, 9.17) is 18.9 Å². The van der Waals surface area contributed by atoms with Gasteiger partial charge in [-0.2, -0.15) is 0 Å². The second-order valence-corrected chi connectivity index (χ2v) is 12.9. The molecule has 0 saturated carbocycles. The molecular formula is C26H31BrFIN4O8. The second kappa shape index (κ2) is 12.1. The van der Waals surface area contributed by atoms with Crippen molar-refractivity contribution in [1.82, 2.24) is 14.8 Å². The van der Waals surface area contributed by atoms with Gasteiger partial charge in [-0.1, -0.05) is 0 Å². The van der Waals surface area contributed by atoms with Gasteiger partial charge in [0.1, 0.15) is 17.7 Å². The number of ether oxygens (including phenoxy) is 4. The van der Waals surface area contributed by atoms with Crippen molar-refractivity contribution in [2.45, 2.75) is 50.9 Å². The molecule has 3 heterocycles. The number of carbonyl (C=O) groups excluding carboxylic acids is 2. The number of amides is 1. The van der Waals surface area contributed by atoms with Gasteiger partial charge in [0.05, 0.1) is 35.2 Å². The molecule has 2 aliphatic rings. The Morgan fingerprint density at radius 2 is 2.07 bits per heavy atom. The van der Waals surface area contributed by atoms with Crippen LogP contribution in [0.1, 0.15) is 39.2 Å². The summed E-state index contributed by atoms with van der Waals surface area (Å²) in [6, 6.07) is 1.43. The van der Waals surface area contributed by atoms with Crippen LogP contribution >= 0.6 is 38.5 Å². The van der Waals surface area contributed by atoms with Crippen LogP contribution in [0.15, 0.2) is 10.5 Å². The predicted molar refractivity (Wildman–Crippen MR) is 157 cm³/mol. The maximum atomic E-state index is 15.7. The molecule has 2 aliphatic heterocycles. The van der Waals surface area contributed by atoms with Crippen LogP contribution in [-0.4, -0.2) is 90.4 Å². The van der Waals surface area contributed by atoms with Crippen LogP contribution in [0.2, 0.25) is 0 Å². The van der Waals surface area contributed by atoms with Crippen LogP contribution in [0, 0.1) is 19.5 Å². The van der Waals surface area contributed by atoms with Crippen LogP contribution in [0.25, 0.3) is 10.9 Å². The number of hydrogen-bond donors (Lipinski definition) is 0. The zero-order valence-corrected chi connectivity index (χ0v) is 27.0. The minimum absolute atomic E-state index is 0.0352. The summed E-state index contributed by atoms with van der Waals surface area (Å²) in [4.78, 5) is 46.2. The van der Waals surface area contributed by atoms with E-state index in [0.29, 0.717) is 3.57 Å². The summed E-state index contributed by atoms with van der Waals surface area (Å²) < 4.78 is 38.7. The van der Waals surface area contributed by atoms with E-state index >= 15 is 4.39 Å². The third-order valence-corrected chi connectivity index (χ3v) is 9.39. The van der Waals surface area contributed by atoms with Crippen molar-refractivity contribution >= 4 is 67.2 Å². The molecule has 2 atom stereocenters. The Balaban J connectivity index is 1.99. The van der Waals surface area contributed by atoms with E-state index in [0.717, 1.165) is 26.5 Å². The summed E-state index contributed by atoms with van der Waals surface area (Å²) in [6.07, 6.45) is 0.991. The van der Waals surface area contributed by atoms with Crippen molar-refractivity contribution in [3.63, 3.8) is 0 Å². The van der Waals surface area contributed by atoms with Crippen molar-refractivity contribution in [3.05, 3.63) is 35.6 Å². The van der Waals surface area contributed by atoms with Crippen molar-refractivity contribution < 1.29 is 37.9 Å². The number of nitrogens with zero attached hydrogens (tertiary/aromatic N) is 4. The molecule has 1 aromatic carbocycles. The molecule has 0 aliphatic carbocycles. The average Bonchev–Trinajstić information content (AvgIpc) is 3.32. The zero-order valence-electron chi connectivity index (χ0n) is 23.3. The number of aromatic nitrogens is 1. The standard InChI is InChI=1S/C26H31BrFIN4O8/c1-25(2,3)41-24(35)32-9-10-40-26(13-32,23(34)38-5)17-15-11-16(29)18(27)19(28)20(15)30-22(21(17)33(36)37)39-12-14-7-6-8-31(14)4/h11,14H,6-10,12-13H2,1-5H3/t14-,26?/m0/s1. The number of likely N-dealkylation sites (N-methyl/N-ethyl adjacent to an activating group) is 1. The molecule has 2 fully saturated rings. The van der Waals surface area contributed by atoms with Crippen LogP contribution in [0.5, 0.6) is 5.88 Å². The predicted octanol–water partition coefficient (Wildman–Crippen LogP) is 4.76. The summed E-state index contributed by atoms with van der Waals surface area (Å²) >= 11 is 5.08. The Morgan fingerprint density at radius 3 is 2.66 bits per heavy atom. The fourth-order valence-corrected chi connectivity index (χ4v) is 5.92. The second-order valence-electron chi connectivity index (χ2n) is 10.9. The molecule has 1 unspecified atom stereocenters. The molecule has 41 heavy (non-hydrogen) atoms. The molecule has 0 N–H and O–H groups in total. The van der Waals surface area contributed by atoms with Crippen LogP contribution in [0.4, 0.5) is 14.9 Å². The number of nitro groups is 1. The number of hydrogen-bond acceptors (Lipinski definition) is 10. The summed E-state index contributed by atoms with van der Waals surface area (Å²) in [5, 5.41) is 12.7. The molecule has 0 radical (unpaired) electrons. The summed E-state index contributed by atoms with van der Waals surface area (Å²) in [6.45, 7) is 5.32. The first kappa shape index (κ1) is 31.6. The molecule has 2 aromatic rings. The van der Waals surface area contributed by atoms with Gasteiger partial charge in [-0.3, -0.25) is 10.1 Å². The molecule has 0 spiro atoms. The van der Waals surface area contributed by atoms with Gasteiger partial charge in [-0.25, -0.2) is 19.0 Å². The number of benzene rings is 1. The summed E-state index contributed by atoms with van der Waals surface area (Å²) in [5.74, 6) is -2.28. The van der Waals surface area contributed by atoms with Gasteiger partial charge in [-0.15, -0.1) is 0 Å². The largest absolute Gasteiger partial charge is 0.471 e. The summed E-state index contributed by atoms with van der Waals surface area (Å²) in [5.41, 5.74) is -4.33. The number of carbonyl (C=O) groups is 2. The number of methoxy groups -OCH3 is 1. The number of fused-ring (bicyclic) bond motifs is 1. The van der Waals surface area contributed by atoms with Crippen LogP contribution in [0.3, 0.4) is 0 Å². The van der Waals surface area contributed by atoms with Crippen molar-refractivity contribution in [2.24, 2.45) is 0 Å². The van der Waals surface area contributed by atoms with E-state index in [2.05, 4.69) is 25.8 Å². The number of halogens is 3. The molecule has 1 amide bonds. The third-order valence-electron chi connectivity index (χ3n) is 7.02. The lowest BCUT2D eigenvalue weighted by Crippen LogP contribution is -2.57. The number of rotatable bonds is 6. The lowest BCUT2D eigenvalue weighted by atomic mass is 9.87. The Labute approximate surface area is 258 Å². The molecule has 15 heteroatoms. The monoisotopic (exact) mass is 752 g/mol. The van der Waals surface area contributed by atoms with Gasteiger partial charge >= 0.3 is 17.7 Å². The maximum Gasteiger partial charge on any atom is 0.410 e. The molecule has 12 nitrogen and oxygen atoms in total. The van der Waals surface area contributed by atoms with Crippen LogP contribution < -0.4 is 4.74 Å². The van der Waals surface area contributed by atoms with Gasteiger partial charge in [0, 0.05) is 21.5 Å². The SMILES string of the molecule is COC(=O)C1(c2c([N+](=O)[O-])c(OC[C@@H]3CCCN3C)nc3c(F)c(Br)c(I)cc23)CN(C(=O)OC(C)(C)C)CCO1. The molecule has 2 saturated heterocycles. The van der Waals surface area contributed by atoms with E-state index in [1.54, 1.807) is 20.8 Å². The Bertz CT molecular complexity index is 1390. The highest BCUT2D eigenvalue weighted by atomic mass is 127. The number of morpholine rings is 1. The molecule has 4 rings (SSSR count). The third kappa shape index (κ3) is 6.22. The van der Waals surface area contributed by atoms with Gasteiger partial charge < -0.3 is 28.7 Å². The van der Waals surface area contributed by atoms with E-state index in [9.17, 15) is 19.7 Å². The van der Waals surface area contributed by atoms with Crippen molar-refractivity contribution in [3.8, 4) is 5.88 Å². The number of esters is 1. The normalized spacial score (nSPS) is 21.7. The Kier molecular flexibility index (Phi) is 9.31. The number of likely N-dealkylation sites (tertiary alicyclic amines) is 1. The van der Waals surface area contributed by atoms with Gasteiger partial charge in [0.2, 0.25) is 5.60 Å². The van der Waals surface area contributed by atoms with Gasteiger partial charge in [-0.05, 0) is 91.8 Å². The van der Waals surface area contributed by atoms with E-state index in [1.807, 2.05) is 29.6 Å². The Hall–Kier alpha value is -2.37. The lowest BCUT2D eigenvalue weighted by molar-refractivity contribution is -0.388. The molecule has 224 valence electrons. The van der Waals surface area contributed by atoms with Gasteiger partial charge in [0.25, 0.3) is 5.88 Å². The minimum Gasteiger partial charge on any atom is -0.471 e. The highest BCUT2D eigenvalue weighted by molar-refractivity contribution is 14.1. The smallest absolute Gasteiger partial charge is 0.410 e. The zero-order chi connectivity index (χ0) is 30.3. The molecule has 1 aromatic heterocycles. The average molecular weight is 753 g/mol. The van der Waals surface area contributed by atoms with E-state index in [-0.39, 0.29) is 46.7 Å². The van der Waals surface area contributed by atoms with E-state index in [1.165, 1.54) is 11.0 Å². The highest BCUT2D eigenvalue weighted by Gasteiger charge is 2.54. The molecular weight excluding hydrogens is 722 g/mol. The van der Waals surface area contributed by atoms with Crippen molar-refractivity contribution in [1.29, 1.82) is 0 Å². The topological polar surface area (TPSA) is 134 Å². The first-order chi connectivity index (χ1) is 19.2. The maximum absolute atomic E-state index is 15.7. The molecule has 0 bridgehead atoms. The number of pyridine rings is 1. The first-order valence-electron chi connectivity index (χ1n) is 12.9. The quantitative estimate of drug-likeness (QED) is 0.134. The van der Waals surface area contributed by atoms with E-state index < -0.39 is 52.1 Å². The first-order valence-corrected chi connectivity index (χ1v) is 14.8. The van der Waals surface area contributed by atoms with Crippen molar-refractivity contribution in [2.75, 3.05) is 47.0 Å². The fraction of sp³-hybridized carbons (Fsp3) is 0.577. The fourth-order valence-electron chi connectivity index (χ4n) is 5.07. The highest BCUT2D eigenvalue weighted by Crippen LogP contribution is 2.47. The van der Waals surface area contributed by atoms with Gasteiger partial charge in [0.15, 0.2) is 5.82 Å². The van der Waals surface area contributed by atoms with Crippen LogP contribution in [-0.2, 0) is 24.6 Å². The lowest BCUT2D eigenvalue weighted by Gasteiger charge is -2.41. The Morgan fingerprint density at radius 1 is 1.37 bits per heavy atom.